The van der Waals surface area contributed by atoms with E-state index in [2.05, 4.69) is 42.1 Å². The van der Waals surface area contributed by atoms with Crippen LogP contribution in [0.25, 0.3) is 0 Å². The van der Waals surface area contributed by atoms with Gasteiger partial charge in [0.1, 0.15) is 6.54 Å². The van der Waals surface area contributed by atoms with Crippen LogP contribution in [0.4, 0.5) is 0 Å². The number of rotatable bonds is 15. The first kappa shape index (κ1) is 27.4. The SMILES string of the molecule is CCCCCCCCCCCCCCCC[n+]1ccccc1.[H-].[H-].[Na+].[Na+]. The number of hydrogen-bond acceptors (Lipinski definition) is 0. The van der Waals surface area contributed by atoms with Crippen molar-refractivity contribution in [3.8, 4) is 0 Å². The molecule has 0 N–H and O–H groups in total. The van der Waals surface area contributed by atoms with Crippen LogP contribution in [-0.4, -0.2) is 0 Å². The minimum Gasteiger partial charge on any atom is -1.00 e. The predicted octanol–water partition coefficient (Wildman–Crippen LogP) is 0.688. The molecule has 0 fully saturated rings. The van der Waals surface area contributed by atoms with Gasteiger partial charge in [-0.05, 0) is 6.42 Å². The first-order valence-corrected chi connectivity index (χ1v) is 9.87. The van der Waals surface area contributed by atoms with Crippen LogP contribution in [0.15, 0.2) is 30.6 Å². The molecule has 0 aliphatic heterocycles. The fraction of sp³-hybridized carbons (Fsp3) is 0.762. The molecule has 0 unspecified atom stereocenters. The molecule has 0 bridgehead atoms. The summed E-state index contributed by atoms with van der Waals surface area (Å²) in [7, 11) is 0. The molecule has 0 spiro atoms. The van der Waals surface area contributed by atoms with Crippen molar-refractivity contribution in [3.63, 3.8) is 0 Å². The molecule has 1 aromatic heterocycles. The fourth-order valence-corrected chi connectivity index (χ4v) is 3.07. The zero-order valence-electron chi connectivity index (χ0n) is 18.9. The maximum Gasteiger partial charge on any atom is 1.00 e. The van der Waals surface area contributed by atoms with Crippen LogP contribution < -0.4 is 63.7 Å². The van der Waals surface area contributed by atoms with Gasteiger partial charge in [-0.2, -0.15) is 0 Å². The number of pyridine rings is 1. The van der Waals surface area contributed by atoms with Gasteiger partial charge < -0.3 is 2.85 Å². The Kier molecular flexibility index (Phi) is 25.3. The Morgan fingerprint density at radius 2 is 0.917 bits per heavy atom. The minimum atomic E-state index is 0. The molecule has 0 saturated carbocycles. The number of hydrogen-bond donors (Lipinski definition) is 0. The van der Waals surface area contributed by atoms with Gasteiger partial charge in [-0.25, -0.2) is 4.57 Å². The van der Waals surface area contributed by atoms with Crippen LogP contribution in [0.5, 0.6) is 0 Å². The second-order valence-corrected chi connectivity index (χ2v) is 6.71. The smallest absolute Gasteiger partial charge is 1.00 e. The Hall–Kier alpha value is 1.15. The molecule has 3 heteroatoms. The average Bonchev–Trinajstić information content (AvgIpc) is 2.56. The Bertz CT molecular complexity index is 340. The van der Waals surface area contributed by atoms with Crippen molar-refractivity contribution >= 4 is 0 Å². The topological polar surface area (TPSA) is 3.88 Å². The summed E-state index contributed by atoms with van der Waals surface area (Å²) in [6.07, 6.45) is 24.4. The third kappa shape index (κ3) is 18.0. The van der Waals surface area contributed by atoms with Crippen LogP contribution in [0.3, 0.4) is 0 Å². The molecule has 1 heterocycles. The molecule has 0 aliphatic rings. The summed E-state index contributed by atoms with van der Waals surface area (Å²) in [5.41, 5.74) is 0. The summed E-state index contributed by atoms with van der Waals surface area (Å²) in [5.74, 6) is 0. The molecule has 0 aliphatic carbocycles. The van der Waals surface area contributed by atoms with E-state index in [-0.39, 0.29) is 62.0 Å². The maximum atomic E-state index is 2.29. The first-order chi connectivity index (χ1) is 10.9. The molecule has 1 nitrogen and oxygen atoms in total. The van der Waals surface area contributed by atoms with Crippen molar-refractivity contribution in [2.24, 2.45) is 0 Å². The Morgan fingerprint density at radius 1 is 0.542 bits per heavy atom. The van der Waals surface area contributed by atoms with Gasteiger partial charge in [-0.15, -0.1) is 0 Å². The van der Waals surface area contributed by atoms with E-state index >= 15 is 0 Å². The summed E-state index contributed by atoms with van der Waals surface area (Å²) in [4.78, 5) is 0. The van der Waals surface area contributed by atoms with Gasteiger partial charge in [0.25, 0.3) is 0 Å². The van der Waals surface area contributed by atoms with Crippen molar-refractivity contribution in [3.05, 3.63) is 30.6 Å². The first-order valence-electron chi connectivity index (χ1n) is 9.87. The monoisotopic (exact) mass is 352 g/mol. The Morgan fingerprint density at radius 3 is 1.33 bits per heavy atom. The van der Waals surface area contributed by atoms with E-state index < -0.39 is 0 Å². The fourth-order valence-electron chi connectivity index (χ4n) is 3.07. The molecule has 0 atom stereocenters. The molecule has 130 valence electrons. The van der Waals surface area contributed by atoms with Crippen LogP contribution in [-0.2, 0) is 6.54 Å². The standard InChI is InChI=1S/C21H38N.2Na.2H/c1-2-3-4-5-6-7-8-9-10-11-12-13-14-16-19-22-20-17-15-18-21-22;;;;/h15,17-18,20-21H,2-14,16,19H2,1H3;;;;/q3*+1;2*-1. The van der Waals surface area contributed by atoms with E-state index in [1.807, 2.05) is 0 Å². The third-order valence-electron chi connectivity index (χ3n) is 4.55. The number of unbranched alkanes of at least 4 members (excludes halogenated alkanes) is 13. The maximum absolute atomic E-state index is 2.29. The zero-order valence-corrected chi connectivity index (χ0v) is 20.9. The Labute approximate surface area is 198 Å². The van der Waals surface area contributed by atoms with Gasteiger partial charge in [-0.1, -0.05) is 90.0 Å². The molecular weight excluding hydrogens is 312 g/mol. The van der Waals surface area contributed by atoms with Gasteiger partial charge in [-0.3, -0.25) is 0 Å². The van der Waals surface area contributed by atoms with Gasteiger partial charge in [0.05, 0.1) is 0 Å². The second-order valence-electron chi connectivity index (χ2n) is 6.71. The summed E-state index contributed by atoms with van der Waals surface area (Å²) < 4.78 is 2.29. The van der Waals surface area contributed by atoms with E-state index in [9.17, 15) is 0 Å². The largest absolute Gasteiger partial charge is 1.00 e. The Balaban J connectivity index is -0.000000605. The van der Waals surface area contributed by atoms with Crippen molar-refractivity contribution in [1.82, 2.24) is 0 Å². The summed E-state index contributed by atoms with van der Waals surface area (Å²) in [5, 5.41) is 0. The number of aromatic nitrogens is 1. The van der Waals surface area contributed by atoms with Gasteiger partial charge in [0.15, 0.2) is 12.4 Å². The zero-order chi connectivity index (χ0) is 15.7. The molecular formula is C21H40NNa2+. The van der Waals surface area contributed by atoms with Crippen molar-refractivity contribution in [2.75, 3.05) is 0 Å². The van der Waals surface area contributed by atoms with Crippen LogP contribution >= 0.6 is 0 Å². The molecule has 0 saturated heterocycles. The number of aryl methyl sites for hydroxylation is 1. The van der Waals surface area contributed by atoms with Gasteiger partial charge in [0.2, 0.25) is 0 Å². The molecule has 1 aromatic rings. The molecule has 0 aromatic carbocycles. The van der Waals surface area contributed by atoms with Crippen molar-refractivity contribution in [2.45, 2.75) is 103 Å². The molecule has 0 amide bonds. The van der Waals surface area contributed by atoms with Crippen molar-refractivity contribution < 1.29 is 66.5 Å². The summed E-state index contributed by atoms with van der Waals surface area (Å²) >= 11 is 0. The van der Waals surface area contributed by atoms with Crippen LogP contribution in [0, 0.1) is 0 Å². The van der Waals surface area contributed by atoms with Crippen LogP contribution in [0.1, 0.15) is 99.7 Å². The average molecular weight is 353 g/mol. The van der Waals surface area contributed by atoms with E-state index in [1.54, 1.807) is 0 Å². The van der Waals surface area contributed by atoms with E-state index in [1.165, 1.54) is 96.4 Å². The van der Waals surface area contributed by atoms with Gasteiger partial charge >= 0.3 is 59.1 Å². The van der Waals surface area contributed by atoms with E-state index in [4.69, 9.17) is 0 Å². The normalized spacial score (nSPS) is 10.0. The molecule has 24 heavy (non-hydrogen) atoms. The molecule has 0 radical (unpaired) electrons. The second kappa shape index (κ2) is 22.2. The quantitative estimate of drug-likeness (QED) is 0.248. The van der Waals surface area contributed by atoms with Crippen LogP contribution in [0.2, 0.25) is 0 Å². The third-order valence-corrected chi connectivity index (χ3v) is 4.55. The minimum absolute atomic E-state index is 0. The molecule has 1 rings (SSSR count). The van der Waals surface area contributed by atoms with E-state index in [0.29, 0.717) is 0 Å². The summed E-state index contributed by atoms with van der Waals surface area (Å²) in [6.45, 7) is 3.47. The van der Waals surface area contributed by atoms with E-state index in [0.717, 1.165) is 0 Å². The number of nitrogens with zero attached hydrogens (tertiary/aromatic N) is 1. The summed E-state index contributed by atoms with van der Waals surface area (Å²) in [6, 6.07) is 6.31. The predicted molar refractivity (Wildman–Crippen MR) is 99.2 cm³/mol. The van der Waals surface area contributed by atoms with Crippen molar-refractivity contribution in [1.29, 1.82) is 0 Å². The van der Waals surface area contributed by atoms with Gasteiger partial charge in [0, 0.05) is 18.6 Å².